The monoisotopic (exact) mass is 327 g/mol. The molecular weight excluding hydrogens is 306 g/mol. The van der Waals surface area contributed by atoms with Crippen molar-refractivity contribution in [2.24, 2.45) is 5.92 Å². The van der Waals surface area contributed by atoms with Gasteiger partial charge in [0.1, 0.15) is 11.8 Å². The second kappa shape index (κ2) is 7.99. The summed E-state index contributed by atoms with van der Waals surface area (Å²) in [5.74, 6) is 1.36. The summed E-state index contributed by atoms with van der Waals surface area (Å²) in [6, 6.07) is 8.12. The maximum Gasteiger partial charge on any atom is 0.126 e. The van der Waals surface area contributed by atoms with Crippen LogP contribution in [0.15, 0.2) is 34.9 Å². The number of halogens is 1. The molecule has 0 radical (unpaired) electrons. The molecule has 2 atom stereocenters. The standard InChI is InChI=1S/C16H22ClNO2S/c1-4-19-10-12(11(2)3)18-16(13-6-5-9-20-13)14-7-8-15(17)21-14/h5-9,11-12,16,18H,4,10H2,1-3H3. The van der Waals surface area contributed by atoms with Gasteiger partial charge < -0.3 is 9.15 Å². The van der Waals surface area contributed by atoms with E-state index in [9.17, 15) is 0 Å². The molecule has 21 heavy (non-hydrogen) atoms. The van der Waals surface area contributed by atoms with E-state index in [1.165, 1.54) is 0 Å². The van der Waals surface area contributed by atoms with Gasteiger partial charge in [-0.25, -0.2) is 0 Å². The van der Waals surface area contributed by atoms with Gasteiger partial charge >= 0.3 is 0 Å². The second-order valence-electron chi connectivity index (χ2n) is 5.27. The third kappa shape index (κ3) is 4.58. The van der Waals surface area contributed by atoms with Crippen molar-refractivity contribution < 1.29 is 9.15 Å². The molecule has 0 saturated heterocycles. The molecule has 2 heterocycles. The van der Waals surface area contributed by atoms with Crippen molar-refractivity contribution >= 4 is 22.9 Å². The molecule has 1 N–H and O–H groups in total. The Bertz CT molecular complexity index is 524. The number of ether oxygens (including phenoxy) is 1. The van der Waals surface area contributed by atoms with Gasteiger partial charge in [-0.15, -0.1) is 11.3 Å². The minimum Gasteiger partial charge on any atom is -0.467 e. The quantitative estimate of drug-likeness (QED) is 0.760. The first-order valence-electron chi connectivity index (χ1n) is 7.24. The van der Waals surface area contributed by atoms with E-state index < -0.39 is 0 Å². The summed E-state index contributed by atoms with van der Waals surface area (Å²) >= 11 is 7.66. The van der Waals surface area contributed by atoms with Crippen LogP contribution in [0.4, 0.5) is 0 Å². The van der Waals surface area contributed by atoms with Gasteiger partial charge in [-0.1, -0.05) is 25.4 Å². The zero-order chi connectivity index (χ0) is 15.2. The molecule has 2 aromatic rings. The molecular formula is C16H22ClNO2S. The average Bonchev–Trinajstić information content (AvgIpc) is 3.10. The highest BCUT2D eigenvalue weighted by Crippen LogP contribution is 2.32. The van der Waals surface area contributed by atoms with E-state index >= 15 is 0 Å². The van der Waals surface area contributed by atoms with Gasteiger partial charge in [0.05, 0.1) is 17.2 Å². The topological polar surface area (TPSA) is 34.4 Å². The van der Waals surface area contributed by atoms with Gasteiger partial charge in [0.15, 0.2) is 0 Å². The van der Waals surface area contributed by atoms with Crippen LogP contribution in [0.5, 0.6) is 0 Å². The van der Waals surface area contributed by atoms with E-state index in [2.05, 4.69) is 19.2 Å². The van der Waals surface area contributed by atoms with Crippen molar-refractivity contribution in [3.05, 3.63) is 45.5 Å². The second-order valence-corrected chi connectivity index (χ2v) is 7.01. The number of hydrogen-bond donors (Lipinski definition) is 1. The van der Waals surface area contributed by atoms with Crippen LogP contribution >= 0.6 is 22.9 Å². The molecule has 0 aliphatic heterocycles. The van der Waals surface area contributed by atoms with Gasteiger partial charge in [0, 0.05) is 17.5 Å². The third-order valence-corrected chi connectivity index (χ3v) is 4.69. The summed E-state index contributed by atoms with van der Waals surface area (Å²) in [5.41, 5.74) is 0. The molecule has 116 valence electrons. The van der Waals surface area contributed by atoms with E-state index in [-0.39, 0.29) is 12.1 Å². The molecule has 2 unspecified atom stereocenters. The van der Waals surface area contributed by atoms with Crippen LogP contribution in [0, 0.1) is 5.92 Å². The Hall–Kier alpha value is -0.810. The Morgan fingerprint density at radius 3 is 2.67 bits per heavy atom. The van der Waals surface area contributed by atoms with Gasteiger partial charge in [-0.05, 0) is 37.1 Å². The molecule has 0 aromatic carbocycles. The minimum atomic E-state index is 0.00496. The summed E-state index contributed by atoms with van der Waals surface area (Å²) in [4.78, 5) is 1.15. The predicted octanol–water partition coefficient (Wildman–Crippen LogP) is 4.73. The van der Waals surface area contributed by atoms with Crippen LogP contribution in [-0.2, 0) is 4.74 Å². The van der Waals surface area contributed by atoms with E-state index in [0.717, 1.165) is 21.6 Å². The van der Waals surface area contributed by atoms with E-state index in [0.29, 0.717) is 12.5 Å². The van der Waals surface area contributed by atoms with Crippen LogP contribution in [0.2, 0.25) is 4.34 Å². The number of nitrogens with one attached hydrogen (secondary N) is 1. The predicted molar refractivity (Wildman–Crippen MR) is 88.1 cm³/mol. The van der Waals surface area contributed by atoms with Crippen LogP contribution in [0.3, 0.4) is 0 Å². The molecule has 0 aliphatic carbocycles. The van der Waals surface area contributed by atoms with E-state index in [1.807, 2.05) is 31.2 Å². The van der Waals surface area contributed by atoms with Gasteiger partial charge in [0.25, 0.3) is 0 Å². The number of rotatable bonds is 8. The summed E-state index contributed by atoms with van der Waals surface area (Å²) in [6.07, 6.45) is 1.70. The highest BCUT2D eigenvalue weighted by atomic mass is 35.5. The van der Waals surface area contributed by atoms with Crippen LogP contribution in [0.25, 0.3) is 0 Å². The fourth-order valence-electron chi connectivity index (χ4n) is 2.14. The van der Waals surface area contributed by atoms with Crippen molar-refractivity contribution in [2.75, 3.05) is 13.2 Å². The summed E-state index contributed by atoms with van der Waals surface area (Å²) in [7, 11) is 0. The lowest BCUT2D eigenvalue weighted by atomic mass is 10.0. The largest absolute Gasteiger partial charge is 0.467 e. The Labute approximate surface area is 135 Å². The maximum absolute atomic E-state index is 6.08. The van der Waals surface area contributed by atoms with Crippen molar-refractivity contribution in [1.29, 1.82) is 0 Å². The number of hydrogen-bond acceptors (Lipinski definition) is 4. The van der Waals surface area contributed by atoms with E-state index in [1.54, 1.807) is 17.6 Å². The fraction of sp³-hybridized carbons (Fsp3) is 0.500. The highest BCUT2D eigenvalue weighted by molar-refractivity contribution is 7.16. The van der Waals surface area contributed by atoms with Crippen LogP contribution in [-0.4, -0.2) is 19.3 Å². The van der Waals surface area contributed by atoms with Crippen molar-refractivity contribution in [3.8, 4) is 0 Å². The Kier molecular flexibility index (Phi) is 6.30. The highest BCUT2D eigenvalue weighted by Gasteiger charge is 2.24. The number of thiophene rings is 1. The van der Waals surface area contributed by atoms with Gasteiger partial charge in [-0.2, -0.15) is 0 Å². The zero-order valence-corrected chi connectivity index (χ0v) is 14.2. The van der Waals surface area contributed by atoms with Crippen molar-refractivity contribution in [3.63, 3.8) is 0 Å². The summed E-state index contributed by atoms with van der Waals surface area (Å²) < 4.78 is 12.0. The molecule has 0 fully saturated rings. The fourth-order valence-corrected chi connectivity index (χ4v) is 3.26. The lowest BCUT2D eigenvalue weighted by Gasteiger charge is -2.27. The normalized spacial score (nSPS) is 14.5. The first kappa shape index (κ1) is 16.6. The first-order valence-corrected chi connectivity index (χ1v) is 8.43. The lowest BCUT2D eigenvalue weighted by Crippen LogP contribution is -2.40. The lowest BCUT2D eigenvalue weighted by molar-refractivity contribution is 0.104. The smallest absolute Gasteiger partial charge is 0.126 e. The third-order valence-electron chi connectivity index (χ3n) is 3.39. The molecule has 2 rings (SSSR count). The molecule has 0 bridgehead atoms. The molecule has 0 aliphatic rings. The SMILES string of the molecule is CCOCC(NC(c1ccco1)c1ccc(Cl)s1)C(C)C. The molecule has 0 amide bonds. The van der Waals surface area contributed by atoms with E-state index in [4.69, 9.17) is 20.8 Å². The van der Waals surface area contributed by atoms with Gasteiger partial charge in [-0.3, -0.25) is 5.32 Å². The van der Waals surface area contributed by atoms with Crippen LogP contribution in [0.1, 0.15) is 37.5 Å². The molecule has 2 aromatic heterocycles. The maximum atomic E-state index is 6.08. The Morgan fingerprint density at radius 2 is 2.14 bits per heavy atom. The first-order chi connectivity index (χ1) is 10.1. The van der Waals surface area contributed by atoms with Crippen molar-refractivity contribution in [2.45, 2.75) is 32.9 Å². The Balaban J connectivity index is 2.19. The van der Waals surface area contributed by atoms with Crippen molar-refractivity contribution in [1.82, 2.24) is 5.32 Å². The molecule has 0 saturated carbocycles. The molecule has 3 nitrogen and oxygen atoms in total. The molecule has 0 spiro atoms. The number of furan rings is 1. The Morgan fingerprint density at radius 1 is 1.33 bits per heavy atom. The zero-order valence-electron chi connectivity index (χ0n) is 12.6. The van der Waals surface area contributed by atoms with Gasteiger partial charge in [0.2, 0.25) is 0 Å². The summed E-state index contributed by atoms with van der Waals surface area (Å²) in [5, 5.41) is 3.65. The average molecular weight is 328 g/mol. The van der Waals surface area contributed by atoms with Crippen LogP contribution < -0.4 is 5.32 Å². The molecule has 5 heteroatoms. The summed E-state index contributed by atoms with van der Waals surface area (Å²) in [6.45, 7) is 7.81. The minimum absolute atomic E-state index is 0.00496.